The molecule has 1 atom stereocenters. The van der Waals surface area contributed by atoms with Crippen LogP contribution in [0.2, 0.25) is 5.02 Å². The van der Waals surface area contributed by atoms with E-state index in [2.05, 4.69) is 16.5 Å². The lowest BCUT2D eigenvalue weighted by Crippen LogP contribution is -2.40. The van der Waals surface area contributed by atoms with E-state index in [1.807, 2.05) is 18.2 Å². The summed E-state index contributed by atoms with van der Waals surface area (Å²) in [4.78, 5) is 15.1. The fraction of sp³-hybridized carbons (Fsp3) is 0.458. The minimum atomic E-state index is -3.64. The van der Waals surface area contributed by atoms with E-state index in [1.54, 1.807) is 28.8 Å². The summed E-state index contributed by atoms with van der Waals surface area (Å²) in [5.74, 6) is 0. The number of thiazole rings is 1. The van der Waals surface area contributed by atoms with Gasteiger partial charge in [-0.1, -0.05) is 54.5 Å². The molecule has 2 aromatic carbocycles. The van der Waals surface area contributed by atoms with Crippen LogP contribution in [0.5, 0.6) is 0 Å². The standard InChI is InChI=1S/C24H30ClN3O3S2/c1-2-19-9-5-6-14-27(19)15-7-13-26-33(30,31)20-11-12-22-23(16-20)32-24(29)28(22)17-18-8-3-4-10-21(18)25/h3-4,8,10-12,16,19,26H,2,5-7,9,13-15,17H2,1H3. The van der Waals surface area contributed by atoms with Crippen LogP contribution in [-0.4, -0.2) is 43.6 Å². The van der Waals surface area contributed by atoms with Crippen molar-refractivity contribution in [1.29, 1.82) is 0 Å². The molecule has 0 radical (unpaired) electrons. The lowest BCUT2D eigenvalue weighted by Gasteiger charge is -2.35. The summed E-state index contributed by atoms with van der Waals surface area (Å²) in [5, 5.41) is 0.599. The van der Waals surface area contributed by atoms with Gasteiger partial charge in [0.25, 0.3) is 0 Å². The van der Waals surface area contributed by atoms with E-state index in [9.17, 15) is 13.2 Å². The van der Waals surface area contributed by atoms with E-state index in [1.165, 1.54) is 19.3 Å². The van der Waals surface area contributed by atoms with Gasteiger partial charge in [-0.05, 0) is 68.6 Å². The molecule has 1 aromatic heterocycles. The molecule has 9 heteroatoms. The van der Waals surface area contributed by atoms with E-state index in [-0.39, 0.29) is 9.77 Å². The molecule has 1 aliphatic heterocycles. The van der Waals surface area contributed by atoms with Gasteiger partial charge in [-0.15, -0.1) is 0 Å². The van der Waals surface area contributed by atoms with Crippen molar-refractivity contribution in [3.05, 3.63) is 62.7 Å². The summed E-state index contributed by atoms with van der Waals surface area (Å²) >= 11 is 7.30. The van der Waals surface area contributed by atoms with Gasteiger partial charge in [0, 0.05) is 17.6 Å². The zero-order chi connectivity index (χ0) is 23.4. The zero-order valence-electron chi connectivity index (χ0n) is 18.8. The van der Waals surface area contributed by atoms with Crippen molar-refractivity contribution >= 4 is 43.2 Å². The number of halogens is 1. The van der Waals surface area contributed by atoms with Gasteiger partial charge in [0.05, 0.1) is 21.7 Å². The van der Waals surface area contributed by atoms with Gasteiger partial charge in [0.1, 0.15) is 0 Å². The Balaban J connectivity index is 1.43. The summed E-state index contributed by atoms with van der Waals surface area (Å²) in [6.45, 7) is 4.98. The van der Waals surface area contributed by atoms with Crippen LogP contribution < -0.4 is 9.60 Å². The lowest BCUT2D eigenvalue weighted by atomic mass is 10.00. The Kier molecular flexibility index (Phi) is 7.91. The molecule has 1 aliphatic rings. The normalized spacial score (nSPS) is 17.6. The smallest absolute Gasteiger partial charge is 0.300 e. The number of nitrogens with zero attached hydrogens (tertiary/aromatic N) is 2. The highest BCUT2D eigenvalue weighted by Gasteiger charge is 2.21. The largest absolute Gasteiger partial charge is 0.308 e. The Labute approximate surface area is 204 Å². The summed E-state index contributed by atoms with van der Waals surface area (Å²) in [7, 11) is -3.64. The monoisotopic (exact) mass is 507 g/mol. The fourth-order valence-corrected chi connectivity index (χ4v) is 6.85. The second-order valence-corrected chi connectivity index (χ2v) is 11.7. The van der Waals surface area contributed by atoms with Crippen LogP contribution >= 0.6 is 22.9 Å². The molecule has 1 fully saturated rings. The average molecular weight is 508 g/mol. The third kappa shape index (κ3) is 5.69. The van der Waals surface area contributed by atoms with Crippen LogP contribution in [-0.2, 0) is 16.6 Å². The number of piperidine rings is 1. The number of rotatable bonds is 9. The van der Waals surface area contributed by atoms with Crippen molar-refractivity contribution in [2.45, 2.75) is 56.5 Å². The van der Waals surface area contributed by atoms with Gasteiger partial charge in [-0.2, -0.15) is 0 Å². The quantitative estimate of drug-likeness (QED) is 0.426. The maximum Gasteiger partial charge on any atom is 0.308 e. The summed E-state index contributed by atoms with van der Waals surface area (Å²) < 4.78 is 30.7. The maximum absolute atomic E-state index is 12.9. The molecule has 4 rings (SSSR count). The van der Waals surface area contributed by atoms with E-state index < -0.39 is 10.0 Å². The fourth-order valence-electron chi connectivity index (χ4n) is 4.55. The van der Waals surface area contributed by atoms with E-state index >= 15 is 0 Å². The number of fused-ring (bicyclic) bond motifs is 1. The summed E-state index contributed by atoms with van der Waals surface area (Å²) in [5.41, 5.74) is 1.55. The lowest BCUT2D eigenvalue weighted by molar-refractivity contribution is 0.143. The SMILES string of the molecule is CCC1CCCCN1CCCNS(=O)(=O)c1ccc2c(c1)sc(=O)n2Cc1ccccc1Cl. The first-order valence-corrected chi connectivity index (χ1v) is 14.2. The Hall–Kier alpha value is -1.71. The molecular formula is C24H30ClN3O3S2. The van der Waals surface area contributed by atoms with E-state index in [0.717, 1.165) is 42.8 Å². The maximum atomic E-state index is 12.9. The second-order valence-electron chi connectivity index (χ2n) is 8.52. The molecule has 3 aromatic rings. The molecule has 1 N–H and O–H groups in total. The van der Waals surface area contributed by atoms with Crippen LogP contribution in [0.1, 0.15) is 44.6 Å². The average Bonchev–Trinajstić information content (AvgIpc) is 3.12. The highest BCUT2D eigenvalue weighted by molar-refractivity contribution is 7.89. The minimum Gasteiger partial charge on any atom is -0.300 e. The first-order valence-electron chi connectivity index (χ1n) is 11.5. The first-order chi connectivity index (χ1) is 15.9. The van der Waals surface area contributed by atoms with Crippen molar-refractivity contribution in [3.8, 4) is 0 Å². The Bertz CT molecular complexity index is 1270. The predicted molar refractivity (Wildman–Crippen MR) is 136 cm³/mol. The van der Waals surface area contributed by atoms with E-state index in [4.69, 9.17) is 11.6 Å². The first kappa shape index (κ1) is 24.4. The number of hydrogen-bond acceptors (Lipinski definition) is 5. The van der Waals surface area contributed by atoms with Crippen LogP contribution in [0.3, 0.4) is 0 Å². The number of hydrogen-bond donors (Lipinski definition) is 1. The number of benzene rings is 2. The van der Waals surface area contributed by atoms with Crippen molar-refractivity contribution in [1.82, 2.24) is 14.2 Å². The van der Waals surface area contributed by atoms with Gasteiger partial charge in [-0.3, -0.25) is 9.36 Å². The van der Waals surface area contributed by atoms with Crippen LogP contribution in [0.15, 0.2) is 52.2 Å². The topological polar surface area (TPSA) is 71.4 Å². The van der Waals surface area contributed by atoms with Gasteiger partial charge >= 0.3 is 4.87 Å². The Morgan fingerprint density at radius 2 is 2.00 bits per heavy atom. The molecule has 0 bridgehead atoms. The van der Waals surface area contributed by atoms with E-state index in [0.29, 0.717) is 34.4 Å². The molecule has 1 unspecified atom stereocenters. The van der Waals surface area contributed by atoms with Crippen LogP contribution in [0.25, 0.3) is 10.2 Å². The molecule has 0 aliphatic carbocycles. The van der Waals surface area contributed by atoms with Gasteiger partial charge in [0.15, 0.2) is 0 Å². The molecular weight excluding hydrogens is 478 g/mol. The van der Waals surface area contributed by atoms with Gasteiger partial charge in [0.2, 0.25) is 10.0 Å². The van der Waals surface area contributed by atoms with Crippen LogP contribution in [0.4, 0.5) is 0 Å². The predicted octanol–water partition coefficient (Wildman–Crippen LogP) is 4.70. The zero-order valence-corrected chi connectivity index (χ0v) is 21.2. The van der Waals surface area contributed by atoms with Crippen molar-refractivity contribution in [2.75, 3.05) is 19.6 Å². The number of nitrogens with one attached hydrogen (secondary N) is 1. The summed E-state index contributed by atoms with van der Waals surface area (Å²) in [6, 6.07) is 12.9. The molecule has 178 valence electrons. The molecule has 2 heterocycles. The van der Waals surface area contributed by atoms with Crippen molar-refractivity contribution in [2.24, 2.45) is 0 Å². The minimum absolute atomic E-state index is 0.139. The highest BCUT2D eigenvalue weighted by atomic mass is 35.5. The molecule has 33 heavy (non-hydrogen) atoms. The van der Waals surface area contributed by atoms with Gasteiger partial charge < -0.3 is 4.90 Å². The second kappa shape index (κ2) is 10.7. The highest BCUT2D eigenvalue weighted by Crippen LogP contribution is 2.24. The third-order valence-electron chi connectivity index (χ3n) is 6.37. The number of aromatic nitrogens is 1. The Morgan fingerprint density at radius 1 is 1.18 bits per heavy atom. The molecule has 1 saturated heterocycles. The van der Waals surface area contributed by atoms with Gasteiger partial charge in [-0.25, -0.2) is 13.1 Å². The Morgan fingerprint density at radius 3 is 2.79 bits per heavy atom. The number of sulfonamides is 1. The van der Waals surface area contributed by atoms with Crippen molar-refractivity contribution in [3.63, 3.8) is 0 Å². The molecule has 0 amide bonds. The summed E-state index contributed by atoms with van der Waals surface area (Å²) in [6.07, 6.45) is 5.67. The third-order valence-corrected chi connectivity index (χ3v) is 9.14. The molecule has 0 saturated carbocycles. The molecule has 6 nitrogen and oxygen atoms in total. The number of likely N-dealkylation sites (tertiary alicyclic amines) is 1. The molecule has 0 spiro atoms. The van der Waals surface area contributed by atoms with Crippen molar-refractivity contribution < 1.29 is 8.42 Å². The van der Waals surface area contributed by atoms with Crippen LogP contribution in [0, 0.1) is 0 Å².